The molecule has 0 aromatic heterocycles. The molecule has 0 aromatic rings. The molecule has 28 heavy (non-hydrogen) atoms. The standard InChI is InChI=1S/C27H42O/c1-18(2)7-6-8-19(3)23-11-12-24-22-10-9-20-17-21(28)13-15-26(20,4)25(22)14-16-27(23,24)5/h6,8,17-19,22-25H,7,9-16H2,1-5H3/b8-6-. The zero-order chi connectivity index (χ0) is 20.1. The quantitative estimate of drug-likeness (QED) is 0.464. The van der Waals surface area contributed by atoms with E-state index in [2.05, 4.69) is 46.8 Å². The molecule has 0 saturated heterocycles. The van der Waals surface area contributed by atoms with E-state index in [0.717, 1.165) is 42.4 Å². The molecule has 0 bridgehead atoms. The molecule has 0 aromatic carbocycles. The molecule has 0 aliphatic heterocycles. The fourth-order valence-corrected chi connectivity index (χ4v) is 8.16. The Hall–Kier alpha value is -0.850. The molecule has 0 radical (unpaired) electrons. The highest BCUT2D eigenvalue weighted by Gasteiger charge is 2.59. The molecule has 1 nitrogen and oxygen atoms in total. The maximum absolute atomic E-state index is 12.0. The highest BCUT2D eigenvalue weighted by molar-refractivity contribution is 5.91. The van der Waals surface area contributed by atoms with Crippen molar-refractivity contribution in [2.24, 2.45) is 46.3 Å². The number of hydrogen-bond donors (Lipinski definition) is 0. The molecule has 7 atom stereocenters. The van der Waals surface area contributed by atoms with Crippen LogP contribution in [-0.2, 0) is 4.79 Å². The minimum atomic E-state index is 0.318. The van der Waals surface area contributed by atoms with Gasteiger partial charge in [0.25, 0.3) is 0 Å². The van der Waals surface area contributed by atoms with Crippen molar-refractivity contribution in [2.75, 3.05) is 0 Å². The molecule has 156 valence electrons. The SMILES string of the molecule is CC(C)C/C=C\C(C)C1CCC2C3CCC4=CC(=O)CCC4(C)C3CCC12C. The molecule has 7 unspecified atom stereocenters. The van der Waals surface area contributed by atoms with Gasteiger partial charge in [-0.3, -0.25) is 4.79 Å². The lowest BCUT2D eigenvalue weighted by atomic mass is 9.46. The third kappa shape index (κ3) is 3.25. The molecule has 4 rings (SSSR count). The molecule has 3 saturated carbocycles. The van der Waals surface area contributed by atoms with Gasteiger partial charge in [-0.2, -0.15) is 0 Å². The van der Waals surface area contributed by atoms with Crippen LogP contribution in [0.5, 0.6) is 0 Å². The third-order valence-corrected chi connectivity index (χ3v) is 9.72. The number of rotatable bonds is 4. The van der Waals surface area contributed by atoms with Crippen molar-refractivity contribution in [3.63, 3.8) is 0 Å². The number of hydrogen-bond acceptors (Lipinski definition) is 1. The summed E-state index contributed by atoms with van der Waals surface area (Å²) in [7, 11) is 0. The van der Waals surface area contributed by atoms with Gasteiger partial charge >= 0.3 is 0 Å². The zero-order valence-electron chi connectivity index (χ0n) is 19.0. The summed E-state index contributed by atoms with van der Waals surface area (Å²) in [6.45, 7) is 12.3. The average molecular weight is 383 g/mol. The first-order chi connectivity index (χ1) is 13.3. The molecule has 4 aliphatic carbocycles. The van der Waals surface area contributed by atoms with Crippen LogP contribution in [0.2, 0.25) is 0 Å². The molecule has 1 heteroatoms. The van der Waals surface area contributed by atoms with Gasteiger partial charge in [0.05, 0.1) is 0 Å². The number of fused-ring (bicyclic) bond motifs is 5. The Labute approximate surface area is 173 Å². The van der Waals surface area contributed by atoms with Crippen LogP contribution in [0.25, 0.3) is 0 Å². The van der Waals surface area contributed by atoms with Gasteiger partial charge in [-0.15, -0.1) is 0 Å². The van der Waals surface area contributed by atoms with Crippen molar-refractivity contribution >= 4 is 5.78 Å². The van der Waals surface area contributed by atoms with Crippen LogP contribution in [0.4, 0.5) is 0 Å². The molecule has 0 spiro atoms. The predicted octanol–water partition coefficient (Wildman–Crippen LogP) is 7.37. The van der Waals surface area contributed by atoms with Crippen molar-refractivity contribution in [2.45, 2.75) is 92.4 Å². The van der Waals surface area contributed by atoms with Crippen molar-refractivity contribution in [1.29, 1.82) is 0 Å². The second kappa shape index (κ2) is 7.44. The summed E-state index contributed by atoms with van der Waals surface area (Å²) in [5.74, 6) is 5.35. The van der Waals surface area contributed by atoms with Crippen molar-refractivity contribution < 1.29 is 4.79 Å². The summed E-state index contributed by atoms with van der Waals surface area (Å²) in [6, 6.07) is 0. The van der Waals surface area contributed by atoms with Crippen molar-refractivity contribution in [3.05, 3.63) is 23.8 Å². The van der Waals surface area contributed by atoms with E-state index >= 15 is 0 Å². The van der Waals surface area contributed by atoms with Gasteiger partial charge in [0.15, 0.2) is 5.78 Å². The summed E-state index contributed by atoms with van der Waals surface area (Å²) in [4.78, 5) is 12.0. The van der Waals surface area contributed by atoms with Gasteiger partial charge in [0.1, 0.15) is 0 Å². The highest BCUT2D eigenvalue weighted by Crippen LogP contribution is 2.67. The Kier molecular flexibility index (Phi) is 5.43. The van der Waals surface area contributed by atoms with E-state index in [0.29, 0.717) is 22.5 Å². The van der Waals surface area contributed by atoms with Gasteiger partial charge in [-0.05, 0) is 104 Å². The first-order valence-corrected chi connectivity index (χ1v) is 12.2. The summed E-state index contributed by atoms with van der Waals surface area (Å²) in [6.07, 6.45) is 18.3. The maximum atomic E-state index is 12.0. The number of ketones is 1. The van der Waals surface area contributed by atoms with Crippen LogP contribution < -0.4 is 0 Å². The highest BCUT2D eigenvalue weighted by atomic mass is 16.1. The lowest BCUT2D eigenvalue weighted by Crippen LogP contribution is -2.50. The topological polar surface area (TPSA) is 17.1 Å². The van der Waals surface area contributed by atoms with E-state index in [4.69, 9.17) is 0 Å². The van der Waals surface area contributed by atoms with Crippen LogP contribution in [0.1, 0.15) is 92.4 Å². The van der Waals surface area contributed by atoms with Crippen molar-refractivity contribution in [3.8, 4) is 0 Å². The zero-order valence-corrected chi connectivity index (χ0v) is 19.0. The molecule has 4 aliphatic rings. The molecule has 0 amide bonds. The molecule has 0 heterocycles. The van der Waals surface area contributed by atoms with Crippen LogP contribution in [-0.4, -0.2) is 5.78 Å². The Balaban J connectivity index is 1.53. The minimum absolute atomic E-state index is 0.318. The lowest BCUT2D eigenvalue weighted by Gasteiger charge is -2.58. The lowest BCUT2D eigenvalue weighted by molar-refractivity contribution is -0.117. The molecular weight excluding hydrogens is 340 g/mol. The van der Waals surface area contributed by atoms with Gasteiger partial charge in [-0.1, -0.05) is 52.3 Å². The largest absolute Gasteiger partial charge is 0.295 e. The van der Waals surface area contributed by atoms with Crippen LogP contribution in [0, 0.1) is 46.3 Å². The average Bonchev–Trinajstić information content (AvgIpc) is 2.99. The van der Waals surface area contributed by atoms with Gasteiger partial charge in [-0.25, -0.2) is 0 Å². The van der Waals surface area contributed by atoms with E-state index in [1.54, 1.807) is 0 Å². The first-order valence-electron chi connectivity index (χ1n) is 12.2. The van der Waals surface area contributed by atoms with Gasteiger partial charge in [0, 0.05) is 6.42 Å². The smallest absolute Gasteiger partial charge is 0.155 e. The Bertz CT molecular complexity index is 670. The third-order valence-electron chi connectivity index (χ3n) is 9.72. The summed E-state index contributed by atoms with van der Waals surface area (Å²) in [5.41, 5.74) is 2.36. The van der Waals surface area contributed by atoms with Crippen LogP contribution in [0.3, 0.4) is 0 Å². The van der Waals surface area contributed by atoms with Crippen LogP contribution in [0.15, 0.2) is 23.8 Å². The molecule has 0 N–H and O–H groups in total. The second-order valence-electron chi connectivity index (χ2n) is 11.6. The summed E-state index contributed by atoms with van der Waals surface area (Å²) >= 11 is 0. The number of carbonyl (C=O) groups excluding carboxylic acids is 1. The predicted molar refractivity (Wildman–Crippen MR) is 118 cm³/mol. The van der Waals surface area contributed by atoms with Gasteiger partial charge < -0.3 is 0 Å². The number of allylic oxidation sites excluding steroid dienone is 3. The number of carbonyl (C=O) groups is 1. The Morgan fingerprint density at radius 1 is 1.04 bits per heavy atom. The second-order valence-corrected chi connectivity index (χ2v) is 11.6. The van der Waals surface area contributed by atoms with E-state index in [1.165, 1.54) is 50.5 Å². The fourth-order valence-electron chi connectivity index (χ4n) is 8.16. The monoisotopic (exact) mass is 382 g/mol. The Morgan fingerprint density at radius 3 is 2.57 bits per heavy atom. The summed E-state index contributed by atoms with van der Waals surface area (Å²) in [5, 5.41) is 0. The van der Waals surface area contributed by atoms with Gasteiger partial charge in [0.2, 0.25) is 0 Å². The maximum Gasteiger partial charge on any atom is 0.155 e. The van der Waals surface area contributed by atoms with E-state index in [9.17, 15) is 4.79 Å². The van der Waals surface area contributed by atoms with E-state index < -0.39 is 0 Å². The van der Waals surface area contributed by atoms with Crippen molar-refractivity contribution in [1.82, 2.24) is 0 Å². The first kappa shape index (κ1) is 20.4. The molecule has 3 fully saturated rings. The summed E-state index contributed by atoms with van der Waals surface area (Å²) < 4.78 is 0. The molecular formula is C27H42O. The minimum Gasteiger partial charge on any atom is -0.295 e. The normalized spacial score (nSPS) is 44.2. The van der Waals surface area contributed by atoms with E-state index in [-0.39, 0.29) is 0 Å². The van der Waals surface area contributed by atoms with Crippen LogP contribution >= 0.6 is 0 Å². The Morgan fingerprint density at radius 2 is 1.82 bits per heavy atom. The van der Waals surface area contributed by atoms with E-state index in [1.807, 2.05) is 6.08 Å². The fraction of sp³-hybridized carbons (Fsp3) is 0.815.